The Balaban J connectivity index is 1.76. The summed E-state index contributed by atoms with van der Waals surface area (Å²) in [4.78, 5) is 27.1. The second-order valence-corrected chi connectivity index (χ2v) is 8.62. The number of pyridine rings is 2. The first-order chi connectivity index (χ1) is 15.8. The maximum Gasteiger partial charge on any atom is 0.307 e. The van der Waals surface area contributed by atoms with Crippen molar-refractivity contribution >= 4 is 28.5 Å². The van der Waals surface area contributed by atoms with E-state index in [9.17, 15) is 9.18 Å². The fourth-order valence-electron chi connectivity index (χ4n) is 4.59. The summed E-state index contributed by atoms with van der Waals surface area (Å²) in [5.74, 6) is -1.64. The van der Waals surface area contributed by atoms with Crippen LogP contribution < -0.4 is 5.32 Å². The van der Waals surface area contributed by atoms with Crippen LogP contribution in [0.1, 0.15) is 46.0 Å². The van der Waals surface area contributed by atoms with Crippen molar-refractivity contribution in [1.82, 2.24) is 15.0 Å². The number of carbonyl (C=O) groups excluding carboxylic acids is 1. The Morgan fingerprint density at radius 3 is 2.82 bits per heavy atom. The molecular formula is C24H25F2N5O2. The number of esters is 1. The van der Waals surface area contributed by atoms with Gasteiger partial charge in [-0.25, -0.2) is 23.6 Å². The number of hydrogen-bond acceptors (Lipinski definition) is 5. The minimum atomic E-state index is -0.690. The SMILES string of the molecule is [C-]#[N+]c1cc(F)c(N[C@H](CC(=O)OCC)C2(C)CCCC2)nc1-c1c[nH]c2ncc(F)cc12. The third-order valence-electron chi connectivity index (χ3n) is 6.40. The lowest BCUT2D eigenvalue weighted by molar-refractivity contribution is -0.144. The molecule has 0 aliphatic heterocycles. The van der Waals surface area contributed by atoms with E-state index < -0.39 is 17.7 Å². The van der Waals surface area contributed by atoms with Crippen molar-refractivity contribution in [3.63, 3.8) is 0 Å². The average molecular weight is 453 g/mol. The molecule has 2 N–H and O–H groups in total. The highest BCUT2D eigenvalue weighted by Crippen LogP contribution is 2.43. The van der Waals surface area contributed by atoms with E-state index in [1.54, 1.807) is 13.1 Å². The number of aromatic amines is 1. The van der Waals surface area contributed by atoms with Gasteiger partial charge in [0, 0.05) is 23.2 Å². The van der Waals surface area contributed by atoms with Crippen LogP contribution in [0.2, 0.25) is 0 Å². The molecule has 0 amide bonds. The molecule has 3 aromatic rings. The van der Waals surface area contributed by atoms with Gasteiger partial charge in [0.1, 0.15) is 11.5 Å². The summed E-state index contributed by atoms with van der Waals surface area (Å²) < 4.78 is 34.0. The molecule has 0 aromatic carbocycles. The highest BCUT2D eigenvalue weighted by molar-refractivity contribution is 5.96. The molecule has 0 spiro atoms. The summed E-state index contributed by atoms with van der Waals surface area (Å²) in [6, 6.07) is 2.01. The van der Waals surface area contributed by atoms with Crippen LogP contribution in [0.5, 0.6) is 0 Å². The Bertz CT molecular complexity index is 1230. The number of anilines is 1. The van der Waals surface area contributed by atoms with Crippen LogP contribution in [0, 0.1) is 23.6 Å². The van der Waals surface area contributed by atoms with Gasteiger partial charge in [0.25, 0.3) is 0 Å². The fourth-order valence-corrected chi connectivity index (χ4v) is 4.59. The summed E-state index contributed by atoms with van der Waals surface area (Å²) in [5, 5.41) is 3.58. The van der Waals surface area contributed by atoms with Crippen LogP contribution in [0.4, 0.5) is 20.3 Å². The van der Waals surface area contributed by atoms with Gasteiger partial charge >= 0.3 is 5.97 Å². The number of H-pyrrole nitrogens is 1. The van der Waals surface area contributed by atoms with Crippen molar-refractivity contribution in [2.24, 2.45) is 5.41 Å². The van der Waals surface area contributed by atoms with Crippen molar-refractivity contribution in [1.29, 1.82) is 0 Å². The predicted octanol–water partition coefficient (Wildman–Crippen LogP) is 5.77. The minimum absolute atomic E-state index is 0.00256. The van der Waals surface area contributed by atoms with Crippen LogP contribution in [-0.2, 0) is 9.53 Å². The quantitative estimate of drug-likeness (QED) is 0.351. The number of hydrogen-bond donors (Lipinski definition) is 2. The van der Waals surface area contributed by atoms with E-state index in [1.165, 1.54) is 6.07 Å². The first-order valence-electron chi connectivity index (χ1n) is 11.0. The average Bonchev–Trinajstić information content (AvgIpc) is 3.41. The normalized spacial score (nSPS) is 15.8. The number of rotatable bonds is 7. The summed E-state index contributed by atoms with van der Waals surface area (Å²) >= 11 is 0. The lowest BCUT2D eigenvalue weighted by Gasteiger charge is -2.34. The third-order valence-corrected chi connectivity index (χ3v) is 6.40. The Morgan fingerprint density at radius 2 is 2.12 bits per heavy atom. The minimum Gasteiger partial charge on any atom is -0.466 e. The molecule has 0 saturated heterocycles. The van der Waals surface area contributed by atoms with Gasteiger partial charge in [-0.15, -0.1) is 0 Å². The maximum absolute atomic E-state index is 15.0. The molecule has 9 heteroatoms. The van der Waals surface area contributed by atoms with Gasteiger partial charge in [0.2, 0.25) is 5.69 Å². The Kier molecular flexibility index (Phi) is 6.27. The van der Waals surface area contributed by atoms with Crippen molar-refractivity contribution in [3.05, 3.63) is 47.6 Å². The Labute approximate surface area is 190 Å². The number of aromatic nitrogens is 3. The second-order valence-electron chi connectivity index (χ2n) is 8.62. The lowest BCUT2D eigenvalue weighted by atomic mass is 9.79. The standard InChI is InChI=1S/C24H25F2N5O2/c1-4-33-20(32)11-19(24(2)7-5-6-8-24)30-23-17(26)10-18(27-3)21(31-23)16-13-29-22-15(16)9-14(25)12-28-22/h9-10,12-13,19H,4-8,11H2,1-2H3,(H,28,29)(H,30,31)/t19-/m1/s1. The summed E-state index contributed by atoms with van der Waals surface area (Å²) in [5.41, 5.74) is 0.853. The predicted molar refractivity (Wildman–Crippen MR) is 121 cm³/mol. The van der Waals surface area contributed by atoms with E-state index in [0.29, 0.717) is 16.6 Å². The van der Waals surface area contributed by atoms with E-state index in [4.69, 9.17) is 11.3 Å². The van der Waals surface area contributed by atoms with Crippen LogP contribution in [0.3, 0.4) is 0 Å². The molecule has 3 heterocycles. The fraction of sp³-hybridized carbons (Fsp3) is 0.417. The van der Waals surface area contributed by atoms with Crippen molar-refractivity contribution in [2.75, 3.05) is 11.9 Å². The van der Waals surface area contributed by atoms with E-state index in [0.717, 1.165) is 37.9 Å². The van der Waals surface area contributed by atoms with Crippen LogP contribution >= 0.6 is 0 Å². The number of nitrogens with one attached hydrogen (secondary N) is 2. The van der Waals surface area contributed by atoms with Gasteiger partial charge in [-0.2, -0.15) is 0 Å². The van der Waals surface area contributed by atoms with Crippen LogP contribution in [0.15, 0.2) is 24.5 Å². The van der Waals surface area contributed by atoms with E-state index in [1.807, 2.05) is 0 Å². The molecule has 4 rings (SSSR count). The molecule has 1 atom stereocenters. The summed E-state index contributed by atoms with van der Waals surface area (Å²) in [7, 11) is 0. The van der Waals surface area contributed by atoms with Crippen molar-refractivity contribution in [2.45, 2.75) is 52.0 Å². The van der Waals surface area contributed by atoms with Gasteiger partial charge in [-0.1, -0.05) is 19.8 Å². The molecule has 1 fully saturated rings. The highest BCUT2D eigenvalue weighted by Gasteiger charge is 2.39. The highest BCUT2D eigenvalue weighted by atomic mass is 19.1. The van der Waals surface area contributed by atoms with Gasteiger partial charge in [0.05, 0.1) is 31.5 Å². The largest absolute Gasteiger partial charge is 0.466 e. The molecule has 1 aliphatic rings. The number of carbonyl (C=O) groups is 1. The van der Waals surface area contributed by atoms with Crippen molar-refractivity contribution in [3.8, 4) is 11.3 Å². The van der Waals surface area contributed by atoms with E-state index in [2.05, 4.69) is 32.0 Å². The van der Waals surface area contributed by atoms with Gasteiger partial charge in [0.15, 0.2) is 11.6 Å². The number of nitrogens with zero attached hydrogens (tertiary/aromatic N) is 3. The van der Waals surface area contributed by atoms with Gasteiger partial charge < -0.3 is 15.0 Å². The monoisotopic (exact) mass is 453 g/mol. The molecule has 0 bridgehead atoms. The first-order valence-corrected chi connectivity index (χ1v) is 11.0. The zero-order valence-corrected chi connectivity index (χ0v) is 18.5. The van der Waals surface area contributed by atoms with E-state index in [-0.39, 0.29) is 41.6 Å². The molecule has 0 radical (unpaired) electrons. The molecule has 172 valence electrons. The summed E-state index contributed by atoms with van der Waals surface area (Å²) in [6.45, 7) is 11.6. The van der Waals surface area contributed by atoms with Crippen LogP contribution in [-0.4, -0.2) is 33.6 Å². The number of ether oxygens (including phenoxy) is 1. The first kappa shape index (κ1) is 22.6. The summed E-state index contributed by atoms with van der Waals surface area (Å²) in [6.07, 6.45) is 6.59. The maximum atomic E-state index is 15.0. The molecule has 1 aliphatic carbocycles. The number of halogens is 2. The second kappa shape index (κ2) is 9.14. The van der Waals surface area contributed by atoms with Gasteiger partial charge in [-0.05, 0) is 37.3 Å². The Morgan fingerprint density at radius 1 is 1.36 bits per heavy atom. The molecule has 0 unspecified atom stereocenters. The number of fused-ring (bicyclic) bond motifs is 1. The van der Waals surface area contributed by atoms with Gasteiger partial charge in [-0.3, -0.25) is 4.79 Å². The van der Waals surface area contributed by atoms with E-state index >= 15 is 4.39 Å². The van der Waals surface area contributed by atoms with Crippen LogP contribution in [0.25, 0.3) is 27.1 Å². The lowest BCUT2D eigenvalue weighted by Crippen LogP contribution is -2.39. The zero-order chi connectivity index (χ0) is 23.6. The smallest absolute Gasteiger partial charge is 0.307 e. The zero-order valence-electron chi connectivity index (χ0n) is 18.5. The molecular weight excluding hydrogens is 428 g/mol. The molecule has 1 saturated carbocycles. The topological polar surface area (TPSA) is 84.3 Å². The molecule has 7 nitrogen and oxygen atoms in total. The molecule has 3 aromatic heterocycles. The molecule has 33 heavy (non-hydrogen) atoms. The Hall–Kier alpha value is -3.54. The third kappa shape index (κ3) is 4.51. The van der Waals surface area contributed by atoms with Crippen molar-refractivity contribution < 1.29 is 18.3 Å².